The lowest BCUT2D eigenvalue weighted by Gasteiger charge is -2.24. The maximum absolute atomic E-state index is 14.1. The maximum atomic E-state index is 14.1. The van der Waals surface area contributed by atoms with Gasteiger partial charge in [-0.15, -0.1) is 11.8 Å². The number of rotatable bonds is 5. The summed E-state index contributed by atoms with van der Waals surface area (Å²) in [5, 5.41) is 4.29. The zero-order chi connectivity index (χ0) is 23.8. The number of thioether (sulfide) groups is 2. The van der Waals surface area contributed by atoms with E-state index in [4.69, 9.17) is 4.98 Å². The summed E-state index contributed by atoms with van der Waals surface area (Å²) in [6, 6.07) is 12.2. The van der Waals surface area contributed by atoms with Crippen molar-refractivity contribution in [3.8, 4) is 5.69 Å². The Kier molecular flexibility index (Phi) is 6.86. The molecule has 0 spiro atoms. The summed E-state index contributed by atoms with van der Waals surface area (Å²) in [5.74, 6) is -0.631. The second-order valence-electron chi connectivity index (χ2n) is 8.60. The molecule has 0 radical (unpaired) electrons. The third-order valence-corrected chi connectivity index (χ3v) is 9.02. The molecule has 1 saturated carbocycles. The molecule has 2 heterocycles. The minimum absolute atomic E-state index is 0.00404. The van der Waals surface area contributed by atoms with Crippen LogP contribution in [0.25, 0.3) is 5.69 Å². The van der Waals surface area contributed by atoms with Crippen molar-refractivity contribution in [1.29, 1.82) is 0 Å². The van der Waals surface area contributed by atoms with Gasteiger partial charge in [0.1, 0.15) is 10.8 Å². The second-order valence-corrected chi connectivity index (χ2v) is 11.7. The third kappa shape index (κ3) is 4.70. The lowest BCUT2D eigenvalue weighted by molar-refractivity contribution is -0.113. The Labute approximate surface area is 214 Å². The molecule has 0 bridgehead atoms. The first-order valence-electron chi connectivity index (χ1n) is 11.2. The Morgan fingerprint density at radius 3 is 2.88 bits per heavy atom. The van der Waals surface area contributed by atoms with Crippen LogP contribution in [0.15, 0.2) is 61.9 Å². The highest BCUT2D eigenvalue weighted by Crippen LogP contribution is 2.50. The minimum Gasteiger partial charge on any atom is -0.323 e. The van der Waals surface area contributed by atoms with E-state index in [-0.39, 0.29) is 28.8 Å². The van der Waals surface area contributed by atoms with Gasteiger partial charge >= 0.3 is 0 Å². The Balaban J connectivity index is 1.47. The van der Waals surface area contributed by atoms with Gasteiger partial charge in [0.25, 0.3) is 5.56 Å². The SMILES string of the molecule is Cc1cccc(-n2c(SCC(=O)Nc3ccc(Br)cc3F)nc3c(c2=O)[C@H]2CCCC[C@H]2S3)c1. The van der Waals surface area contributed by atoms with E-state index in [0.717, 1.165) is 41.1 Å². The van der Waals surface area contributed by atoms with Crippen LogP contribution < -0.4 is 10.9 Å². The van der Waals surface area contributed by atoms with E-state index >= 15 is 0 Å². The number of amides is 1. The topological polar surface area (TPSA) is 64.0 Å². The quantitative estimate of drug-likeness (QED) is 0.225. The number of benzene rings is 2. The predicted octanol–water partition coefficient (Wildman–Crippen LogP) is 6.31. The number of anilines is 1. The van der Waals surface area contributed by atoms with Crippen LogP contribution in [0, 0.1) is 12.7 Å². The maximum Gasteiger partial charge on any atom is 0.263 e. The van der Waals surface area contributed by atoms with E-state index in [9.17, 15) is 14.0 Å². The Morgan fingerprint density at radius 2 is 2.09 bits per heavy atom. The smallest absolute Gasteiger partial charge is 0.263 e. The van der Waals surface area contributed by atoms with Gasteiger partial charge in [-0.3, -0.25) is 14.2 Å². The molecule has 2 aromatic carbocycles. The molecule has 0 unspecified atom stereocenters. The van der Waals surface area contributed by atoms with E-state index in [1.807, 2.05) is 31.2 Å². The average Bonchev–Trinajstić information content (AvgIpc) is 3.18. The number of nitrogens with one attached hydrogen (secondary N) is 1. The highest BCUT2D eigenvalue weighted by Gasteiger charge is 2.39. The summed E-state index contributed by atoms with van der Waals surface area (Å²) >= 11 is 6.11. The van der Waals surface area contributed by atoms with Gasteiger partial charge in [-0.25, -0.2) is 9.37 Å². The fourth-order valence-corrected chi connectivity index (χ4v) is 7.32. The average molecular weight is 561 g/mol. The molecule has 2 aliphatic rings. The summed E-state index contributed by atoms with van der Waals surface area (Å²) < 4.78 is 16.4. The number of aryl methyl sites for hydroxylation is 1. The number of fused-ring (bicyclic) bond motifs is 3. The van der Waals surface area contributed by atoms with Crippen molar-refractivity contribution in [2.75, 3.05) is 11.1 Å². The van der Waals surface area contributed by atoms with E-state index < -0.39 is 5.82 Å². The van der Waals surface area contributed by atoms with Crippen molar-refractivity contribution >= 4 is 51.0 Å². The molecular weight excluding hydrogens is 537 g/mol. The molecule has 5 nitrogen and oxygen atoms in total. The largest absolute Gasteiger partial charge is 0.323 e. The molecule has 5 rings (SSSR count). The second kappa shape index (κ2) is 9.87. The molecule has 34 heavy (non-hydrogen) atoms. The van der Waals surface area contributed by atoms with Gasteiger partial charge in [-0.2, -0.15) is 0 Å². The van der Waals surface area contributed by atoms with Gasteiger partial charge in [0.2, 0.25) is 5.91 Å². The van der Waals surface area contributed by atoms with Gasteiger partial charge in [-0.05, 0) is 55.7 Å². The Morgan fingerprint density at radius 1 is 1.26 bits per heavy atom. The Bertz CT molecular complexity index is 1330. The lowest BCUT2D eigenvalue weighted by atomic mass is 9.85. The molecule has 1 amide bonds. The van der Waals surface area contributed by atoms with Crippen LogP contribution in [0.1, 0.15) is 42.7 Å². The van der Waals surface area contributed by atoms with Gasteiger partial charge in [0.05, 0.1) is 22.7 Å². The first-order valence-corrected chi connectivity index (χ1v) is 13.8. The fraction of sp³-hybridized carbons (Fsp3) is 0.320. The first-order chi connectivity index (χ1) is 16.4. The van der Waals surface area contributed by atoms with Crippen molar-refractivity contribution in [1.82, 2.24) is 9.55 Å². The number of hydrogen-bond acceptors (Lipinski definition) is 5. The van der Waals surface area contributed by atoms with Crippen molar-refractivity contribution in [3.05, 3.63) is 74.2 Å². The van der Waals surface area contributed by atoms with Gasteiger partial charge in [0, 0.05) is 15.6 Å². The van der Waals surface area contributed by atoms with Crippen LogP contribution in [0.3, 0.4) is 0 Å². The minimum atomic E-state index is -0.515. The zero-order valence-corrected chi connectivity index (χ0v) is 21.7. The van der Waals surface area contributed by atoms with E-state index in [1.54, 1.807) is 22.4 Å². The number of carbonyl (C=O) groups excluding carboxylic acids is 1. The number of nitrogens with zero attached hydrogens (tertiary/aromatic N) is 2. The van der Waals surface area contributed by atoms with E-state index in [0.29, 0.717) is 14.9 Å². The fourth-order valence-electron chi connectivity index (χ4n) is 4.61. The van der Waals surface area contributed by atoms with Crippen LogP contribution >= 0.6 is 39.5 Å². The third-order valence-electron chi connectivity index (χ3n) is 6.19. The molecular formula is C25H23BrFN3O2S2. The molecule has 1 fully saturated rings. The molecule has 3 aromatic rings. The first kappa shape index (κ1) is 23.6. The van der Waals surface area contributed by atoms with Crippen LogP contribution in [0.4, 0.5) is 10.1 Å². The molecule has 9 heteroatoms. The molecule has 1 aromatic heterocycles. The van der Waals surface area contributed by atoms with Crippen LogP contribution in [0.2, 0.25) is 0 Å². The standard InChI is InChI=1S/C25H23BrFN3O2S2/c1-14-5-4-6-16(11-14)30-24(32)22-17-7-2-3-8-20(17)34-23(22)29-25(30)33-13-21(31)28-19-10-9-15(26)12-18(19)27/h4-6,9-12,17,20H,2-3,7-8,13H2,1H3,(H,28,31)/t17-,20+/m0/s1. The van der Waals surface area contributed by atoms with Crippen molar-refractivity contribution < 1.29 is 9.18 Å². The van der Waals surface area contributed by atoms with Gasteiger partial charge in [-0.1, -0.05) is 52.7 Å². The highest BCUT2D eigenvalue weighted by atomic mass is 79.9. The predicted molar refractivity (Wildman–Crippen MR) is 139 cm³/mol. The highest BCUT2D eigenvalue weighted by molar-refractivity contribution is 9.10. The normalized spacial score (nSPS) is 18.9. The van der Waals surface area contributed by atoms with E-state index in [1.165, 1.54) is 30.3 Å². The summed E-state index contributed by atoms with van der Waals surface area (Å²) in [4.78, 5) is 31.3. The number of hydrogen-bond donors (Lipinski definition) is 1. The van der Waals surface area contributed by atoms with Crippen molar-refractivity contribution in [2.45, 2.75) is 54.0 Å². The van der Waals surface area contributed by atoms with Crippen molar-refractivity contribution in [3.63, 3.8) is 0 Å². The number of carbonyl (C=O) groups is 1. The molecule has 2 atom stereocenters. The zero-order valence-electron chi connectivity index (χ0n) is 18.5. The van der Waals surface area contributed by atoms with Gasteiger partial charge < -0.3 is 5.32 Å². The Hall–Kier alpha value is -2.10. The molecule has 1 aliphatic heterocycles. The van der Waals surface area contributed by atoms with Crippen LogP contribution in [-0.2, 0) is 4.79 Å². The molecule has 1 N–H and O–H groups in total. The van der Waals surface area contributed by atoms with Crippen LogP contribution in [0.5, 0.6) is 0 Å². The molecule has 1 aliphatic carbocycles. The van der Waals surface area contributed by atoms with Gasteiger partial charge in [0.15, 0.2) is 5.16 Å². The van der Waals surface area contributed by atoms with Crippen LogP contribution in [-0.4, -0.2) is 26.5 Å². The summed E-state index contributed by atoms with van der Waals surface area (Å²) in [6.07, 6.45) is 4.43. The molecule has 0 saturated heterocycles. The summed E-state index contributed by atoms with van der Waals surface area (Å²) in [5.41, 5.74) is 2.67. The molecule has 176 valence electrons. The monoisotopic (exact) mass is 559 g/mol. The van der Waals surface area contributed by atoms with Crippen molar-refractivity contribution in [2.24, 2.45) is 0 Å². The number of aromatic nitrogens is 2. The summed E-state index contributed by atoms with van der Waals surface area (Å²) in [7, 11) is 0. The lowest BCUT2D eigenvalue weighted by Crippen LogP contribution is -2.29. The summed E-state index contributed by atoms with van der Waals surface area (Å²) in [6.45, 7) is 1.98. The number of halogens is 2. The van der Waals surface area contributed by atoms with E-state index in [2.05, 4.69) is 21.2 Å².